The van der Waals surface area contributed by atoms with Crippen LogP contribution in [0.25, 0.3) is 0 Å². The molecule has 1 aromatic carbocycles. The fraction of sp³-hybridized carbons (Fsp3) is 0. The number of carbonyl (C=O) groups is 1. The first-order valence-electron chi connectivity index (χ1n) is 2.75. The molecule has 0 aromatic heterocycles. The lowest BCUT2D eigenvalue weighted by atomic mass is 10.2. The van der Waals surface area contributed by atoms with Gasteiger partial charge in [0, 0.05) is 0 Å². The molecule has 0 N–H and O–H groups in total. The Morgan fingerprint density at radius 3 is 2.09 bits per heavy atom. The molecule has 0 aliphatic rings. The summed E-state index contributed by atoms with van der Waals surface area (Å²) in [6, 6.07) is 3.07. The van der Waals surface area contributed by atoms with Crippen molar-refractivity contribution < 1.29 is 4.79 Å². The van der Waals surface area contributed by atoms with Gasteiger partial charge in [-0.05, 0) is 12.1 Å². The maximum atomic E-state index is 10.4. The SMILES string of the molecule is O=Cc1c(Cl)ccc(Cl)c1Cl. The molecule has 0 fully saturated rings. The van der Waals surface area contributed by atoms with Crippen LogP contribution in [0, 0.1) is 0 Å². The van der Waals surface area contributed by atoms with Crippen molar-refractivity contribution in [1.29, 1.82) is 0 Å². The van der Waals surface area contributed by atoms with E-state index in [1.54, 1.807) is 6.07 Å². The van der Waals surface area contributed by atoms with Crippen LogP contribution in [0.3, 0.4) is 0 Å². The topological polar surface area (TPSA) is 17.1 Å². The Balaban J connectivity index is 3.40. The molecule has 0 radical (unpaired) electrons. The van der Waals surface area contributed by atoms with Gasteiger partial charge in [-0.2, -0.15) is 0 Å². The number of halogens is 3. The highest BCUT2D eigenvalue weighted by atomic mass is 35.5. The molecule has 0 saturated heterocycles. The van der Waals surface area contributed by atoms with Crippen molar-refractivity contribution in [3.8, 4) is 0 Å². The minimum atomic E-state index is 0.203. The van der Waals surface area contributed by atoms with Crippen molar-refractivity contribution in [3.63, 3.8) is 0 Å². The van der Waals surface area contributed by atoms with Crippen LogP contribution in [0.5, 0.6) is 0 Å². The number of carbonyl (C=O) groups excluding carboxylic acids is 1. The summed E-state index contributed by atoms with van der Waals surface area (Å²) in [5, 5.41) is 0.849. The van der Waals surface area contributed by atoms with Crippen molar-refractivity contribution in [2.75, 3.05) is 0 Å². The molecule has 0 heterocycles. The molecule has 4 heteroatoms. The van der Waals surface area contributed by atoms with E-state index in [4.69, 9.17) is 34.8 Å². The quantitative estimate of drug-likeness (QED) is 0.511. The van der Waals surface area contributed by atoms with E-state index in [0.717, 1.165) is 0 Å². The highest BCUT2D eigenvalue weighted by molar-refractivity contribution is 6.45. The van der Waals surface area contributed by atoms with Gasteiger partial charge in [-0.25, -0.2) is 0 Å². The molecule has 1 rings (SSSR count). The van der Waals surface area contributed by atoms with Crippen molar-refractivity contribution in [2.45, 2.75) is 0 Å². The monoisotopic (exact) mass is 208 g/mol. The molecule has 0 aliphatic carbocycles. The maximum absolute atomic E-state index is 10.4. The lowest BCUT2D eigenvalue weighted by Crippen LogP contribution is -1.83. The van der Waals surface area contributed by atoms with Gasteiger partial charge in [0.05, 0.1) is 20.6 Å². The van der Waals surface area contributed by atoms with E-state index in [2.05, 4.69) is 0 Å². The average Bonchev–Trinajstić information content (AvgIpc) is 1.99. The molecule has 1 aromatic rings. The maximum Gasteiger partial charge on any atom is 0.153 e. The summed E-state index contributed by atoms with van der Waals surface area (Å²) in [7, 11) is 0. The van der Waals surface area contributed by atoms with Crippen LogP contribution in [-0.2, 0) is 0 Å². The second kappa shape index (κ2) is 3.44. The third-order valence-electron chi connectivity index (χ3n) is 1.20. The highest BCUT2D eigenvalue weighted by Crippen LogP contribution is 2.29. The average molecular weight is 209 g/mol. The van der Waals surface area contributed by atoms with Crippen LogP contribution in [0.2, 0.25) is 15.1 Å². The molecular weight excluding hydrogens is 206 g/mol. The molecule has 1 nitrogen and oxygen atoms in total. The Kier molecular flexibility index (Phi) is 2.77. The third kappa shape index (κ3) is 1.67. The first-order chi connectivity index (χ1) is 5.16. The summed E-state index contributed by atoms with van der Waals surface area (Å²) < 4.78 is 0. The van der Waals surface area contributed by atoms with Gasteiger partial charge in [0.15, 0.2) is 6.29 Å². The fourth-order valence-corrected chi connectivity index (χ4v) is 1.28. The van der Waals surface area contributed by atoms with Crippen molar-refractivity contribution in [1.82, 2.24) is 0 Å². The van der Waals surface area contributed by atoms with E-state index >= 15 is 0 Å². The van der Waals surface area contributed by atoms with E-state index in [9.17, 15) is 4.79 Å². The number of aldehydes is 1. The van der Waals surface area contributed by atoms with E-state index in [1.807, 2.05) is 0 Å². The zero-order valence-electron chi connectivity index (χ0n) is 5.27. The summed E-state index contributed by atoms with van der Waals surface area (Å²) in [6.45, 7) is 0. The van der Waals surface area contributed by atoms with Crippen LogP contribution in [0.1, 0.15) is 10.4 Å². The number of rotatable bonds is 1. The molecule has 0 aliphatic heterocycles. The minimum Gasteiger partial charge on any atom is -0.298 e. The van der Waals surface area contributed by atoms with Crippen LogP contribution >= 0.6 is 34.8 Å². The molecular formula is C7H3Cl3O. The predicted molar refractivity (Wildman–Crippen MR) is 46.9 cm³/mol. The third-order valence-corrected chi connectivity index (χ3v) is 2.35. The molecule has 0 saturated carbocycles. The van der Waals surface area contributed by atoms with Crippen LogP contribution in [-0.4, -0.2) is 6.29 Å². The van der Waals surface area contributed by atoms with Gasteiger partial charge in [0.1, 0.15) is 0 Å². The molecule has 0 unspecified atom stereocenters. The summed E-state index contributed by atoms with van der Waals surface area (Å²) in [5.74, 6) is 0. The fourth-order valence-electron chi connectivity index (χ4n) is 0.651. The highest BCUT2D eigenvalue weighted by Gasteiger charge is 2.07. The lowest BCUT2D eigenvalue weighted by molar-refractivity contribution is 0.112. The van der Waals surface area contributed by atoms with Crippen LogP contribution < -0.4 is 0 Å². The molecule has 0 spiro atoms. The van der Waals surface area contributed by atoms with Crippen molar-refractivity contribution in [2.24, 2.45) is 0 Å². The molecule has 11 heavy (non-hydrogen) atoms. The van der Waals surface area contributed by atoms with Crippen LogP contribution in [0.15, 0.2) is 12.1 Å². The standard InChI is InChI=1S/C7H3Cl3O/c8-5-1-2-6(9)7(10)4(5)3-11/h1-3H. The number of benzene rings is 1. The van der Waals surface area contributed by atoms with Crippen molar-refractivity contribution >= 4 is 41.1 Å². The Morgan fingerprint density at radius 2 is 1.64 bits per heavy atom. The Labute approximate surface area is 78.9 Å². The second-order valence-corrected chi connectivity index (χ2v) is 3.07. The normalized spacial score (nSPS) is 9.73. The number of hydrogen-bond acceptors (Lipinski definition) is 1. The zero-order chi connectivity index (χ0) is 8.43. The Hall–Kier alpha value is -0.240. The summed E-state index contributed by atoms with van der Waals surface area (Å²) in [5.41, 5.74) is 0.237. The smallest absolute Gasteiger partial charge is 0.153 e. The van der Waals surface area contributed by atoms with E-state index in [1.165, 1.54) is 6.07 Å². The van der Waals surface area contributed by atoms with Gasteiger partial charge < -0.3 is 0 Å². The lowest BCUT2D eigenvalue weighted by Gasteiger charge is -1.99. The van der Waals surface area contributed by atoms with Gasteiger partial charge in [-0.15, -0.1) is 0 Å². The minimum absolute atomic E-state index is 0.203. The largest absolute Gasteiger partial charge is 0.298 e. The van der Waals surface area contributed by atoms with Gasteiger partial charge in [-0.1, -0.05) is 34.8 Å². The van der Waals surface area contributed by atoms with Crippen LogP contribution in [0.4, 0.5) is 0 Å². The first kappa shape index (κ1) is 8.85. The first-order valence-corrected chi connectivity index (χ1v) is 3.89. The van der Waals surface area contributed by atoms with Gasteiger partial charge in [0.2, 0.25) is 0 Å². The molecule has 0 bridgehead atoms. The van der Waals surface area contributed by atoms with E-state index in [-0.39, 0.29) is 10.6 Å². The predicted octanol–water partition coefficient (Wildman–Crippen LogP) is 3.46. The summed E-state index contributed by atoms with van der Waals surface area (Å²) >= 11 is 16.9. The van der Waals surface area contributed by atoms with Gasteiger partial charge in [-0.3, -0.25) is 4.79 Å². The zero-order valence-corrected chi connectivity index (χ0v) is 7.54. The Morgan fingerprint density at radius 1 is 1.09 bits per heavy atom. The summed E-state index contributed by atoms with van der Waals surface area (Å²) in [6.07, 6.45) is 0.580. The molecule has 0 atom stereocenters. The van der Waals surface area contributed by atoms with E-state index in [0.29, 0.717) is 16.3 Å². The van der Waals surface area contributed by atoms with Gasteiger partial charge in [0.25, 0.3) is 0 Å². The summed E-state index contributed by atoms with van der Waals surface area (Å²) in [4.78, 5) is 10.4. The second-order valence-electron chi connectivity index (χ2n) is 1.87. The molecule has 0 amide bonds. The number of hydrogen-bond donors (Lipinski definition) is 0. The van der Waals surface area contributed by atoms with Gasteiger partial charge >= 0.3 is 0 Å². The molecule has 58 valence electrons. The van der Waals surface area contributed by atoms with Crippen molar-refractivity contribution in [3.05, 3.63) is 32.8 Å². The Bertz CT molecular complexity index is 296. The van der Waals surface area contributed by atoms with E-state index < -0.39 is 0 Å².